The molecule has 38 heavy (non-hydrogen) atoms. The maximum atomic E-state index is 12.8. The third-order valence-corrected chi connectivity index (χ3v) is 5.45. The van der Waals surface area contributed by atoms with Crippen LogP contribution < -0.4 is 9.47 Å². The van der Waals surface area contributed by atoms with E-state index in [1.165, 1.54) is 48.5 Å². The Labute approximate surface area is 208 Å². The summed E-state index contributed by atoms with van der Waals surface area (Å²) in [5, 5.41) is 0.129. The zero-order valence-corrected chi connectivity index (χ0v) is 18.6. The van der Waals surface area contributed by atoms with E-state index in [0.29, 0.717) is 0 Å². The van der Waals surface area contributed by atoms with Crippen LogP contribution in [0.4, 0.5) is 26.3 Å². The van der Waals surface area contributed by atoms with Gasteiger partial charge in [-0.15, -0.1) is 0 Å². The molecule has 0 saturated heterocycles. The number of aldehydes is 2. The van der Waals surface area contributed by atoms with E-state index in [9.17, 15) is 45.5 Å². The number of rotatable bonds is 5. The Morgan fingerprint density at radius 1 is 0.579 bits per heavy atom. The van der Waals surface area contributed by atoms with Gasteiger partial charge < -0.3 is 9.47 Å². The monoisotopic (exact) mass is 534 g/mol. The first-order valence-electron chi connectivity index (χ1n) is 10.5. The molecule has 4 rings (SSSR count). The molecule has 194 valence electrons. The summed E-state index contributed by atoms with van der Waals surface area (Å²) in [5.74, 6) is -6.22. The second-order valence-corrected chi connectivity index (χ2v) is 7.78. The Bertz CT molecular complexity index is 1500. The highest BCUT2D eigenvalue weighted by Crippen LogP contribution is 2.44. The van der Waals surface area contributed by atoms with Crippen LogP contribution in [0.25, 0.3) is 32.7 Å². The van der Waals surface area contributed by atoms with Gasteiger partial charge in [0.15, 0.2) is 12.6 Å². The number of hydrogen-bond donors (Lipinski definition) is 0. The van der Waals surface area contributed by atoms with Crippen LogP contribution in [0, 0.1) is 0 Å². The maximum absolute atomic E-state index is 12.8. The Balaban J connectivity index is 2.06. The quantitative estimate of drug-likeness (QED) is 0.131. The lowest BCUT2D eigenvalue weighted by atomic mass is 9.87. The molecule has 0 saturated carbocycles. The molecule has 0 unspecified atom stereocenters. The van der Waals surface area contributed by atoms with Crippen LogP contribution >= 0.6 is 0 Å². The van der Waals surface area contributed by atoms with Crippen molar-refractivity contribution in [2.45, 2.75) is 12.4 Å². The van der Waals surface area contributed by atoms with Crippen molar-refractivity contribution in [2.24, 2.45) is 0 Å². The van der Waals surface area contributed by atoms with E-state index >= 15 is 0 Å². The summed E-state index contributed by atoms with van der Waals surface area (Å²) in [6.45, 7) is 0. The van der Waals surface area contributed by atoms with Crippen molar-refractivity contribution < 1.29 is 55.0 Å². The third-order valence-electron chi connectivity index (χ3n) is 5.45. The Kier molecular flexibility index (Phi) is 6.66. The summed E-state index contributed by atoms with van der Waals surface area (Å²) in [4.78, 5) is 47.2. The van der Waals surface area contributed by atoms with Gasteiger partial charge in [-0.25, -0.2) is 9.59 Å². The second kappa shape index (κ2) is 9.61. The van der Waals surface area contributed by atoms with E-state index in [-0.39, 0.29) is 56.4 Å². The van der Waals surface area contributed by atoms with Crippen LogP contribution in [0.1, 0.15) is 20.7 Å². The van der Waals surface area contributed by atoms with Crippen LogP contribution in [-0.4, -0.2) is 36.9 Å². The Morgan fingerprint density at radius 3 is 1.18 bits per heavy atom. The molecule has 0 bridgehead atoms. The van der Waals surface area contributed by atoms with Gasteiger partial charge in [0.05, 0.1) is 0 Å². The maximum Gasteiger partial charge on any atom is 0.491 e. The first-order chi connectivity index (χ1) is 17.9. The molecule has 0 fully saturated rings. The lowest BCUT2D eigenvalue weighted by molar-refractivity contribution is -0.189. The third kappa shape index (κ3) is 4.80. The van der Waals surface area contributed by atoms with Crippen LogP contribution in [0.15, 0.2) is 60.7 Å². The van der Waals surface area contributed by atoms with Gasteiger partial charge >= 0.3 is 24.3 Å². The second-order valence-electron chi connectivity index (χ2n) is 7.78. The minimum absolute atomic E-state index is 0.0226. The summed E-state index contributed by atoms with van der Waals surface area (Å²) in [6, 6.07) is 13.0. The molecule has 0 heterocycles. The predicted octanol–water partition coefficient (Wildman–Crippen LogP) is 6.22. The summed E-state index contributed by atoms with van der Waals surface area (Å²) >= 11 is 0. The number of esters is 2. The summed E-state index contributed by atoms with van der Waals surface area (Å²) in [5.41, 5.74) is -0.535. The molecule has 0 aliphatic carbocycles. The average Bonchev–Trinajstić information content (AvgIpc) is 2.87. The van der Waals surface area contributed by atoms with E-state index in [0.717, 1.165) is 12.1 Å². The highest BCUT2D eigenvalue weighted by molar-refractivity contribution is 6.17. The number of carbonyl (C=O) groups is 4. The van der Waals surface area contributed by atoms with E-state index < -0.39 is 35.8 Å². The molecule has 0 amide bonds. The first-order valence-corrected chi connectivity index (χ1v) is 10.5. The van der Waals surface area contributed by atoms with Crippen LogP contribution in [0.2, 0.25) is 0 Å². The molecule has 4 aromatic carbocycles. The van der Waals surface area contributed by atoms with Gasteiger partial charge in [0.25, 0.3) is 0 Å². The highest BCUT2D eigenvalue weighted by atomic mass is 19.4. The molecule has 6 nitrogen and oxygen atoms in total. The predicted molar refractivity (Wildman–Crippen MR) is 121 cm³/mol. The normalized spacial score (nSPS) is 11.8. The number of hydrogen-bond acceptors (Lipinski definition) is 6. The number of fused-ring (bicyclic) bond motifs is 2. The van der Waals surface area contributed by atoms with Crippen molar-refractivity contribution in [3.05, 3.63) is 71.8 Å². The molecule has 0 N–H and O–H groups in total. The molecule has 0 aliphatic heterocycles. The highest BCUT2D eigenvalue weighted by Gasteiger charge is 2.42. The molecule has 0 aliphatic rings. The van der Waals surface area contributed by atoms with Crippen molar-refractivity contribution in [1.82, 2.24) is 0 Å². The minimum Gasteiger partial charge on any atom is -0.419 e. The summed E-state index contributed by atoms with van der Waals surface area (Å²) < 4.78 is 86.1. The lowest BCUT2D eigenvalue weighted by Gasteiger charge is -2.19. The first kappa shape index (κ1) is 26.3. The van der Waals surface area contributed by atoms with Gasteiger partial charge in [-0.05, 0) is 22.9 Å². The number of carbonyl (C=O) groups excluding carboxylic acids is 4. The molecule has 0 atom stereocenters. The van der Waals surface area contributed by atoms with Crippen LogP contribution in [-0.2, 0) is 9.59 Å². The minimum atomic E-state index is -5.33. The molecular formula is C26H12F6O6. The van der Waals surface area contributed by atoms with E-state index in [2.05, 4.69) is 9.47 Å². The molecule has 4 aromatic rings. The Hall–Kier alpha value is -4.74. The lowest BCUT2D eigenvalue weighted by Crippen LogP contribution is -2.28. The van der Waals surface area contributed by atoms with Crippen molar-refractivity contribution in [3.8, 4) is 22.6 Å². The summed E-state index contributed by atoms with van der Waals surface area (Å²) in [6.07, 6.45) is -10.1. The molecule has 0 aromatic heterocycles. The van der Waals surface area contributed by atoms with Crippen molar-refractivity contribution in [2.75, 3.05) is 0 Å². The number of alkyl halides is 6. The number of halogens is 6. The van der Waals surface area contributed by atoms with Crippen molar-refractivity contribution >= 4 is 46.1 Å². The van der Waals surface area contributed by atoms with Gasteiger partial charge in [-0.2, -0.15) is 26.3 Å². The number of benzene rings is 4. The van der Waals surface area contributed by atoms with E-state index in [4.69, 9.17) is 0 Å². The van der Waals surface area contributed by atoms with E-state index in [1.54, 1.807) is 0 Å². The van der Waals surface area contributed by atoms with Crippen molar-refractivity contribution in [3.63, 3.8) is 0 Å². The van der Waals surface area contributed by atoms with Crippen LogP contribution in [0.3, 0.4) is 0 Å². The molecule has 0 spiro atoms. The fourth-order valence-electron chi connectivity index (χ4n) is 3.95. The van der Waals surface area contributed by atoms with E-state index in [1.807, 2.05) is 0 Å². The fraction of sp³-hybridized carbons (Fsp3) is 0.0769. The Morgan fingerprint density at radius 2 is 0.895 bits per heavy atom. The van der Waals surface area contributed by atoms with Crippen molar-refractivity contribution in [1.29, 1.82) is 0 Å². The molecular weight excluding hydrogens is 522 g/mol. The summed E-state index contributed by atoms with van der Waals surface area (Å²) in [7, 11) is 0. The van der Waals surface area contributed by atoms with Gasteiger partial charge in [0, 0.05) is 33.0 Å². The number of ether oxygens (including phenoxy) is 2. The molecule has 12 heteroatoms. The smallest absolute Gasteiger partial charge is 0.419 e. The largest absolute Gasteiger partial charge is 0.491 e. The van der Waals surface area contributed by atoms with Crippen LogP contribution in [0.5, 0.6) is 11.5 Å². The fourth-order valence-corrected chi connectivity index (χ4v) is 3.95. The van der Waals surface area contributed by atoms with Gasteiger partial charge in [0.2, 0.25) is 0 Å². The van der Waals surface area contributed by atoms with Gasteiger partial charge in [-0.3, -0.25) is 9.59 Å². The molecule has 0 radical (unpaired) electrons. The van der Waals surface area contributed by atoms with Gasteiger partial charge in [0.1, 0.15) is 11.5 Å². The zero-order valence-electron chi connectivity index (χ0n) is 18.6. The van der Waals surface area contributed by atoms with Gasteiger partial charge in [-0.1, -0.05) is 48.5 Å². The standard InChI is InChI=1S/C26H12F6O6/c27-25(28,29)23(35)37-19-9-13(11-33)21(17-7-3-1-5-15(17)19)22-14(12-34)10-20(38-24(36)26(30,31)32)16-6-2-4-8-18(16)22/h1-12H. The topological polar surface area (TPSA) is 86.7 Å². The average molecular weight is 534 g/mol. The SMILES string of the molecule is O=Cc1cc(OC(=O)C(F)(F)F)c2ccccc2c1-c1c(C=O)cc(OC(=O)C(F)(F)F)c2ccccc12. The zero-order chi connectivity index (χ0) is 27.8.